The lowest BCUT2D eigenvalue weighted by atomic mass is 10.1. The Morgan fingerprint density at radius 2 is 2.24 bits per heavy atom. The smallest absolute Gasteiger partial charge is 0.0691 e. The van der Waals surface area contributed by atoms with Crippen LogP contribution in [0.1, 0.15) is 46.5 Å². The molecule has 1 N–H and O–H groups in total. The first-order valence-corrected chi connectivity index (χ1v) is 8.29. The molecule has 1 aliphatic rings. The Morgan fingerprint density at radius 3 is 2.76 bits per heavy atom. The van der Waals surface area contributed by atoms with Crippen molar-refractivity contribution < 1.29 is 8.95 Å². The Kier molecular flexibility index (Phi) is 7.32. The first-order chi connectivity index (χ1) is 8.19. The van der Waals surface area contributed by atoms with Crippen molar-refractivity contribution in [1.29, 1.82) is 0 Å². The summed E-state index contributed by atoms with van der Waals surface area (Å²) in [5, 5.41) is 3.73. The van der Waals surface area contributed by atoms with Crippen molar-refractivity contribution in [1.82, 2.24) is 5.32 Å². The van der Waals surface area contributed by atoms with Crippen molar-refractivity contribution in [2.75, 3.05) is 18.9 Å². The third kappa shape index (κ3) is 5.06. The zero-order chi connectivity index (χ0) is 12.7. The van der Waals surface area contributed by atoms with E-state index in [1.807, 2.05) is 6.92 Å². The average molecular weight is 261 g/mol. The Hall–Kier alpha value is 0.0700. The molecule has 0 aromatic heterocycles. The molecule has 3 nitrogen and oxygen atoms in total. The Balaban J connectivity index is 2.19. The van der Waals surface area contributed by atoms with Gasteiger partial charge in [-0.1, -0.05) is 13.8 Å². The highest BCUT2D eigenvalue weighted by Gasteiger charge is 2.29. The molecule has 102 valence electrons. The van der Waals surface area contributed by atoms with Crippen molar-refractivity contribution in [3.63, 3.8) is 0 Å². The summed E-state index contributed by atoms with van der Waals surface area (Å²) in [4.78, 5) is 0. The standard InChI is InChI=1S/C13H27NO2S/c1-4-12(14-5-2)7-6-10-17(15)13-8-9-16-11(13)3/h11-14H,4-10H2,1-3H3. The van der Waals surface area contributed by atoms with E-state index in [4.69, 9.17) is 4.74 Å². The van der Waals surface area contributed by atoms with Crippen LogP contribution in [-0.4, -0.2) is 40.5 Å². The van der Waals surface area contributed by atoms with Crippen LogP contribution in [0.4, 0.5) is 0 Å². The molecule has 1 heterocycles. The number of hydrogen-bond donors (Lipinski definition) is 1. The molecule has 4 unspecified atom stereocenters. The van der Waals surface area contributed by atoms with E-state index in [-0.39, 0.29) is 11.4 Å². The van der Waals surface area contributed by atoms with Gasteiger partial charge < -0.3 is 10.1 Å². The lowest BCUT2D eigenvalue weighted by Gasteiger charge is -2.17. The van der Waals surface area contributed by atoms with Crippen LogP contribution in [0.5, 0.6) is 0 Å². The van der Waals surface area contributed by atoms with Gasteiger partial charge in [-0.05, 0) is 39.2 Å². The van der Waals surface area contributed by atoms with Gasteiger partial charge in [0.25, 0.3) is 0 Å². The van der Waals surface area contributed by atoms with Gasteiger partial charge in [0.1, 0.15) is 0 Å². The average Bonchev–Trinajstić information content (AvgIpc) is 2.74. The Labute approximate surface area is 108 Å². The van der Waals surface area contributed by atoms with Crippen LogP contribution in [0.2, 0.25) is 0 Å². The monoisotopic (exact) mass is 261 g/mol. The molecule has 4 heteroatoms. The molecule has 0 spiro atoms. The number of hydrogen-bond acceptors (Lipinski definition) is 3. The minimum atomic E-state index is -0.701. The first kappa shape index (κ1) is 15.1. The first-order valence-electron chi connectivity index (χ1n) is 6.91. The predicted molar refractivity (Wildman–Crippen MR) is 73.8 cm³/mol. The molecule has 1 fully saturated rings. The summed E-state index contributed by atoms with van der Waals surface area (Å²) < 4.78 is 17.6. The van der Waals surface area contributed by atoms with Crippen molar-refractivity contribution in [3.8, 4) is 0 Å². The van der Waals surface area contributed by atoms with Crippen molar-refractivity contribution in [2.45, 2.75) is 63.9 Å². The van der Waals surface area contributed by atoms with Crippen LogP contribution in [0.25, 0.3) is 0 Å². The SMILES string of the molecule is CCNC(CC)CCCS(=O)C1CCOC1C. The van der Waals surface area contributed by atoms with E-state index in [1.54, 1.807) is 0 Å². The van der Waals surface area contributed by atoms with Crippen LogP contribution < -0.4 is 5.32 Å². The fourth-order valence-corrected chi connectivity index (χ4v) is 4.04. The normalized spacial score (nSPS) is 28.2. The van der Waals surface area contributed by atoms with E-state index < -0.39 is 10.8 Å². The molecular weight excluding hydrogens is 234 g/mol. The van der Waals surface area contributed by atoms with E-state index in [2.05, 4.69) is 19.2 Å². The van der Waals surface area contributed by atoms with Crippen LogP contribution in [0, 0.1) is 0 Å². The minimum Gasteiger partial charge on any atom is -0.377 e. The van der Waals surface area contributed by atoms with Crippen LogP contribution >= 0.6 is 0 Å². The molecular formula is C13H27NO2S. The van der Waals surface area contributed by atoms with E-state index in [1.165, 1.54) is 0 Å². The molecule has 0 aliphatic carbocycles. The van der Waals surface area contributed by atoms with Gasteiger partial charge in [0.2, 0.25) is 0 Å². The molecule has 0 aromatic rings. The second kappa shape index (κ2) is 8.22. The molecule has 4 atom stereocenters. The van der Waals surface area contributed by atoms with E-state index in [9.17, 15) is 4.21 Å². The van der Waals surface area contributed by atoms with Gasteiger partial charge in [0.05, 0.1) is 11.4 Å². The summed E-state index contributed by atoms with van der Waals surface area (Å²) in [6.45, 7) is 8.19. The fourth-order valence-electron chi connectivity index (χ4n) is 2.42. The van der Waals surface area contributed by atoms with E-state index >= 15 is 0 Å². The minimum absolute atomic E-state index is 0.187. The lowest BCUT2D eigenvalue weighted by molar-refractivity contribution is 0.127. The molecule has 1 aliphatic heterocycles. The number of rotatable bonds is 8. The zero-order valence-electron chi connectivity index (χ0n) is 11.4. The largest absolute Gasteiger partial charge is 0.377 e. The molecule has 0 radical (unpaired) electrons. The lowest BCUT2D eigenvalue weighted by Crippen LogP contribution is -2.29. The quantitative estimate of drug-likeness (QED) is 0.727. The second-order valence-corrected chi connectivity index (χ2v) is 6.57. The van der Waals surface area contributed by atoms with Gasteiger partial charge in [-0.3, -0.25) is 4.21 Å². The third-order valence-corrected chi connectivity index (χ3v) is 5.51. The summed E-state index contributed by atoms with van der Waals surface area (Å²) in [7, 11) is -0.701. The third-order valence-electron chi connectivity index (χ3n) is 3.53. The maximum atomic E-state index is 12.1. The second-order valence-electron chi connectivity index (χ2n) is 4.79. The van der Waals surface area contributed by atoms with Crippen molar-refractivity contribution in [3.05, 3.63) is 0 Å². The molecule has 1 saturated heterocycles. The van der Waals surface area contributed by atoms with Crippen LogP contribution in [0.3, 0.4) is 0 Å². The summed E-state index contributed by atoms with van der Waals surface area (Å²) >= 11 is 0. The molecule has 0 aromatic carbocycles. The van der Waals surface area contributed by atoms with Gasteiger partial charge in [-0.15, -0.1) is 0 Å². The molecule has 1 rings (SSSR count). The Morgan fingerprint density at radius 1 is 1.47 bits per heavy atom. The summed E-state index contributed by atoms with van der Waals surface area (Å²) in [5.74, 6) is 0.834. The highest BCUT2D eigenvalue weighted by molar-refractivity contribution is 7.85. The fraction of sp³-hybridized carbons (Fsp3) is 1.00. The van der Waals surface area contributed by atoms with E-state index in [0.717, 1.165) is 44.6 Å². The summed E-state index contributed by atoms with van der Waals surface area (Å²) in [6.07, 6.45) is 4.51. The van der Waals surface area contributed by atoms with Crippen molar-refractivity contribution >= 4 is 10.8 Å². The Bertz CT molecular complexity index is 235. The molecule has 0 bridgehead atoms. The number of nitrogens with one attached hydrogen (secondary N) is 1. The highest BCUT2D eigenvalue weighted by atomic mass is 32.2. The highest BCUT2D eigenvalue weighted by Crippen LogP contribution is 2.19. The predicted octanol–water partition coefficient (Wildman–Crippen LogP) is 2.08. The zero-order valence-corrected chi connectivity index (χ0v) is 12.2. The van der Waals surface area contributed by atoms with E-state index in [0.29, 0.717) is 6.04 Å². The van der Waals surface area contributed by atoms with Gasteiger partial charge in [0, 0.05) is 29.2 Å². The summed E-state index contributed by atoms with van der Waals surface area (Å²) in [6, 6.07) is 0.592. The number of ether oxygens (including phenoxy) is 1. The van der Waals surface area contributed by atoms with Gasteiger partial charge >= 0.3 is 0 Å². The molecule has 17 heavy (non-hydrogen) atoms. The van der Waals surface area contributed by atoms with Crippen LogP contribution in [-0.2, 0) is 15.5 Å². The molecule has 0 amide bonds. The maximum absolute atomic E-state index is 12.1. The van der Waals surface area contributed by atoms with Crippen LogP contribution in [0.15, 0.2) is 0 Å². The van der Waals surface area contributed by atoms with Crippen molar-refractivity contribution in [2.24, 2.45) is 0 Å². The summed E-state index contributed by atoms with van der Waals surface area (Å²) in [5.41, 5.74) is 0. The molecule has 0 saturated carbocycles. The topological polar surface area (TPSA) is 38.3 Å². The van der Waals surface area contributed by atoms with Gasteiger partial charge in [0.15, 0.2) is 0 Å². The maximum Gasteiger partial charge on any atom is 0.0691 e. The van der Waals surface area contributed by atoms with Gasteiger partial charge in [-0.2, -0.15) is 0 Å². The van der Waals surface area contributed by atoms with Gasteiger partial charge in [-0.25, -0.2) is 0 Å².